The van der Waals surface area contributed by atoms with Crippen molar-refractivity contribution in [1.29, 1.82) is 0 Å². The number of hydrogen-bond donors (Lipinski definition) is 0. The van der Waals surface area contributed by atoms with Gasteiger partial charge in [0.25, 0.3) is 5.56 Å². The van der Waals surface area contributed by atoms with Crippen LogP contribution >= 0.6 is 0 Å². The van der Waals surface area contributed by atoms with Crippen LogP contribution in [0.2, 0.25) is 0 Å². The summed E-state index contributed by atoms with van der Waals surface area (Å²) in [6, 6.07) is 14.9. The van der Waals surface area contributed by atoms with Gasteiger partial charge in [0.1, 0.15) is 23.4 Å². The highest BCUT2D eigenvalue weighted by molar-refractivity contribution is 6.01. The van der Waals surface area contributed by atoms with E-state index in [4.69, 9.17) is 13.7 Å². The lowest BCUT2D eigenvalue weighted by atomic mass is 10.2. The summed E-state index contributed by atoms with van der Waals surface area (Å²) in [6.45, 7) is 2.52. The van der Waals surface area contributed by atoms with Crippen LogP contribution in [0.25, 0.3) is 33.5 Å². The monoisotopic (exact) mass is 388 g/mol. The van der Waals surface area contributed by atoms with Gasteiger partial charge in [-0.1, -0.05) is 29.4 Å². The van der Waals surface area contributed by atoms with Crippen molar-refractivity contribution >= 4 is 22.1 Å². The Labute approximate surface area is 164 Å². The van der Waals surface area contributed by atoms with Gasteiger partial charge in [-0.05, 0) is 31.2 Å². The highest BCUT2D eigenvalue weighted by atomic mass is 16.5. The zero-order valence-electron chi connectivity index (χ0n) is 15.5. The minimum absolute atomic E-state index is 0.0859. The maximum atomic E-state index is 12.8. The van der Waals surface area contributed by atoms with Crippen molar-refractivity contribution in [3.05, 3.63) is 71.1 Å². The molecule has 3 heterocycles. The molecular formula is C21H16N4O4. The molecule has 0 amide bonds. The second-order valence-electron chi connectivity index (χ2n) is 6.39. The molecular weight excluding hydrogens is 372 g/mol. The Kier molecular flexibility index (Phi) is 4.09. The summed E-state index contributed by atoms with van der Waals surface area (Å²) < 4.78 is 18.0. The molecule has 0 spiro atoms. The number of fused-ring (bicyclic) bond motifs is 3. The Hall–Kier alpha value is -3.94. The maximum absolute atomic E-state index is 12.8. The molecule has 5 rings (SSSR count). The molecule has 8 heteroatoms. The summed E-state index contributed by atoms with van der Waals surface area (Å²) in [4.78, 5) is 21.6. The van der Waals surface area contributed by atoms with Crippen molar-refractivity contribution in [1.82, 2.24) is 19.7 Å². The molecule has 5 aromatic rings. The van der Waals surface area contributed by atoms with Gasteiger partial charge in [0, 0.05) is 5.39 Å². The van der Waals surface area contributed by atoms with E-state index in [-0.39, 0.29) is 23.6 Å². The Bertz CT molecular complexity index is 1380. The Morgan fingerprint density at radius 3 is 2.83 bits per heavy atom. The van der Waals surface area contributed by atoms with Crippen LogP contribution in [0.1, 0.15) is 12.8 Å². The predicted molar refractivity (Wildman–Crippen MR) is 106 cm³/mol. The second kappa shape index (κ2) is 6.90. The van der Waals surface area contributed by atoms with Crippen molar-refractivity contribution in [3.8, 4) is 17.1 Å². The summed E-state index contributed by atoms with van der Waals surface area (Å²) in [5.41, 5.74) is 1.79. The first-order chi connectivity index (χ1) is 14.2. The molecule has 0 saturated carbocycles. The highest BCUT2D eigenvalue weighted by Crippen LogP contribution is 2.28. The molecule has 0 unspecified atom stereocenters. The number of hydrogen-bond acceptors (Lipinski definition) is 7. The molecule has 0 aliphatic carbocycles. The SMILES string of the molecule is CCOc1ccccc1-c1noc(Cn2cnc3c(oc4ccccc43)c2=O)n1. The van der Waals surface area contributed by atoms with Crippen LogP contribution in [-0.4, -0.2) is 26.3 Å². The van der Waals surface area contributed by atoms with Gasteiger partial charge in [0.05, 0.1) is 18.5 Å². The van der Waals surface area contributed by atoms with E-state index in [1.54, 1.807) is 6.07 Å². The van der Waals surface area contributed by atoms with E-state index in [0.717, 1.165) is 10.9 Å². The lowest BCUT2D eigenvalue weighted by molar-refractivity contribution is 0.340. The Morgan fingerprint density at radius 2 is 1.93 bits per heavy atom. The van der Waals surface area contributed by atoms with Crippen molar-refractivity contribution < 1.29 is 13.7 Å². The van der Waals surface area contributed by atoms with Crippen LogP contribution in [0.15, 0.2) is 68.6 Å². The summed E-state index contributed by atoms with van der Waals surface area (Å²) >= 11 is 0. The molecule has 2 aromatic carbocycles. The standard InChI is InChI=1S/C21H16N4O4/c1-2-27-15-9-5-4-8-14(15)20-23-17(29-24-20)11-25-12-22-18-13-7-3-6-10-16(13)28-19(18)21(25)26/h3-10,12H,2,11H2,1H3. The minimum Gasteiger partial charge on any atom is -0.493 e. The number of furan rings is 1. The van der Waals surface area contributed by atoms with E-state index in [1.165, 1.54) is 10.9 Å². The zero-order valence-corrected chi connectivity index (χ0v) is 15.5. The van der Waals surface area contributed by atoms with Crippen LogP contribution < -0.4 is 10.3 Å². The lowest BCUT2D eigenvalue weighted by Crippen LogP contribution is -2.20. The Balaban J connectivity index is 1.50. The van der Waals surface area contributed by atoms with E-state index in [9.17, 15) is 4.79 Å². The molecule has 3 aromatic heterocycles. The number of para-hydroxylation sites is 2. The summed E-state index contributed by atoms with van der Waals surface area (Å²) in [7, 11) is 0. The van der Waals surface area contributed by atoms with E-state index in [0.29, 0.717) is 29.3 Å². The average molecular weight is 388 g/mol. The average Bonchev–Trinajstić information content (AvgIpc) is 3.36. The maximum Gasteiger partial charge on any atom is 0.297 e. The predicted octanol–water partition coefficient (Wildman–Crippen LogP) is 3.64. The van der Waals surface area contributed by atoms with Gasteiger partial charge in [-0.3, -0.25) is 9.36 Å². The third kappa shape index (κ3) is 2.94. The van der Waals surface area contributed by atoms with Crippen LogP contribution in [-0.2, 0) is 6.54 Å². The lowest BCUT2D eigenvalue weighted by Gasteiger charge is -2.06. The van der Waals surface area contributed by atoms with Gasteiger partial charge in [-0.2, -0.15) is 4.98 Å². The van der Waals surface area contributed by atoms with Crippen LogP contribution in [0.3, 0.4) is 0 Å². The van der Waals surface area contributed by atoms with Crippen molar-refractivity contribution in [2.45, 2.75) is 13.5 Å². The molecule has 144 valence electrons. The number of nitrogens with zero attached hydrogens (tertiary/aromatic N) is 4. The highest BCUT2D eigenvalue weighted by Gasteiger charge is 2.16. The molecule has 0 aliphatic heterocycles. The molecule has 0 atom stereocenters. The molecule has 0 N–H and O–H groups in total. The Morgan fingerprint density at radius 1 is 1.10 bits per heavy atom. The molecule has 8 nitrogen and oxygen atoms in total. The topological polar surface area (TPSA) is 96.2 Å². The molecule has 0 fully saturated rings. The summed E-state index contributed by atoms with van der Waals surface area (Å²) in [6.07, 6.45) is 1.46. The molecule has 0 bridgehead atoms. The fourth-order valence-electron chi connectivity index (χ4n) is 3.23. The van der Waals surface area contributed by atoms with Crippen LogP contribution in [0.4, 0.5) is 0 Å². The number of rotatable bonds is 5. The summed E-state index contributed by atoms with van der Waals surface area (Å²) in [5.74, 6) is 1.35. The van der Waals surface area contributed by atoms with Crippen LogP contribution in [0.5, 0.6) is 5.75 Å². The van der Waals surface area contributed by atoms with E-state index >= 15 is 0 Å². The second-order valence-corrected chi connectivity index (χ2v) is 6.39. The van der Waals surface area contributed by atoms with E-state index in [1.807, 2.05) is 49.4 Å². The first-order valence-electron chi connectivity index (χ1n) is 9.16. The largest absolute Gasteiger partial charge is 0.493 e. The van der Waals surface area contributed by atoms with Gasteiger partial charge in [-0.25, -0.2) is 4.98 Å². The quantitative estimate of drug-likeness (QED) is 0.453. The van der Waals surface area contributed by atoms with Gasteiger partial charge >= 0.3 is 0 Å². The van der Waals surface area contributed by atoms with E-state index < -0.39 is 0 Å². The molecule has 29 heavy (non-hydrogen) atoms. The minimum atomic E-state index is -0.305. The van der Waals surface area contributed by atoms with Gasteiger partial charge < -0.3 is 13.7 Å². The third-order valence-corrected chi connectivity index (χ3v) is 4.55. The molecule has 0 saturated heterocycles. The van der Waals surface area contributed by atoms with Crippen LogP contribution in [0, 0.1) is 0 Å². The zero-order chi connectivity index (χ0) is 19.8. The van der Waals surface area contributed by atoms with Crippen molar-refractivity contribution in [3.63, 3.8) is 0 Å². The molecule has 0 aliphatic rings. The molecule has 0 radical (unpaired) electrons. The smallest absolute Gasteiger partial charge is 0.297 e. The first kappa shape index (κ1) is 17.2. The van der Waals surface area contributed by atoms with E-state index in [2.05, 4.69) is 15.1 Å². The van der Waals surface area contributed by atoms with Crippen molar-refractivity contribution in [2.75, 3.05) is 6.61 Å². The fraction of sp³-hybridized carbons (Fsp3) is 0.143. The van der Waals surface area contributed by atoms with Crippen molar-refractivity contribution in [2.24, 2.45) is 0 Å². The fourth-order valence-corrected chi connectivity index (χ4v) is 3.23. The normalized spacial score (nSPS) is 11.3. The third-order valence-electron chi connectivity index (χ3n) is 4.55. The summed E-state index contributed by atoms with van der Waals surface area (Å²) in [5, 5.41) is 4.83. The first-order valence-corrected chi connectivity index (χ1v) is 9.16. The van der Waals surface area contributed by atoms with Gasteiger partial charge in [0.2, 0.25) is 17.3 Å². The number of benzene rings is 2. The number of aromatic nitrogens is 4. The number of ether oxygens (including phenoxy) is 1. The van der Waals surface area contributed by atoms with Gasteiger partial charge in [0.15, 0.2) is 0 Å². The van der Waals surface area contributed by atoms with Gasteiger partial charge in [-0.15, -0.1) is 0 Å².